The van der Waals surface area contributed by atoms with Gasteiger partial charge in [0.1, 0.15) is 0 Å². The second-order valence-electron chi connectivity index (χ2n) is 11.5. The van der Waals surface area contributed by atoms with Gasteiger partial charge in [-0.2, -0.15) is 15.8 Å². The van der Waals surface area contributed by atoms with E-state index in [1.165, 1.54) is 7.05 Å². The number of hydrogen-bond donors (Lipinski definition) is 0. The molecule has 2 aromatic rings. The highest BCUT2D eigenvalue weighted by atomic mass is 16.5. The molecule has 212 valence electrons. The minimum absolute atomic E-state index is 0.140. The molecular weight excluding hydrogens is 528 g/mol. The molecule has 1 aliphatic heterocycles. The van der Waals surface area contributed by atoms with E-state index in [0.29, 0.717) is 35.1 Å². The average Bonchev–Trinajstić information content (AvgIpc) is 3.24. The Morgan fingerprint density at radius 3 is 2.21 bits per heavy atom. The fraction of sp³-hybridized carbons (Fsp3) is 0.412. The highest BCUT2D eigenvalue weighted by Gasteiger charge is 2.65. The Morgan fingerprint density at radius 2 is 1.62 bits per heavy atom. The molecule has 0 bridgehead atoms. The van der Waals surface area contributed by atoms with Gasteiger partial charge in [-0.1, -0.05) is 55.0 Å². The summed E-state index contributed by atoms with van der Waals surface area (Å²) in [6.07, 6.45) is 1.24. The van der Waals surface area contributed by atoms with Gasteiger partial charge in [0.15, 0.2) is 5.41 Å². The molecule has 0 N–H and O–H groups in total. The van der Waals surface area contributed by atoms with E-state index in [1.807, 2.05) is 30.3 Å². The van der Waals surface area contributed by atoms with Gasteiger partial charge < -0.3 is 4.74 Å². The zero-order valence-electron chi connectivity index (χ0n) is 23.9. The number of hydrogen-bond acceptors (Lipinski definition) is 7. The number of esters is 1. The summed E-state index contributed by atoms with van der Waals surface area (Å²) in [6.45, 7) is 3.65. The number of nitriles is 3. The summed E-state index contributed by atoms with van der Waals surface area (Å²) in [7, 11) is 1.47. The molecule has 0 unspecified atom stereocenters. The van der Waals surface area contributed by atoms with Crippen LogP contribution >= 0.6 is 0 Å². The maximum atomic E-state index is 13.8. The smallest absolute Gasteiger partial charge is 0.334 e. The van der Waals surface area contributed by atoms with Crippen molar-refractivity contribution in [3.63, 3.8) is 0 Å². The van der Waals surface area contributed by atoms with E-state index >= 15 is 0 Å². The van der Waals surface area contributed by atoms with Crippen molar-refractivity contribution >= 4 is 17.8 Å². The molecule has 0 radical (unpaired) electrons. The number of allylic oxidation sites excluding steroid dienone is 1. The molecule has 8 nitrogen and oxygen atoms in total. The van der Waals surface area contributed by atoms with E-state index in [2.05, 4.69) is 18.2 Å². The molecule has 8 heteroatoms. The number of benzene rings is 2. The first-order valence-electron chi connectivity index (χ1n) is 14.3. The van der Waals surface area contributed by atoms with Crippen molar-refractivity contribution in [2.24, 2.45) is 35.0 Å². The molecule has 42 heavy (non-hydrogen) atoms. The molecule has 0 aromatic heterocycles. The third-order valence-corrected chi connectivity index (χ3v) is 9.68. The molecule has 1 heterocycles. The van der Waals surface area contributed by atoms with Gasteiger partial charge in [-0.3, -0.25) is 14.5 Å². The van der Waals surface area contributed by atoms with Crippen molar-refractivity contribution in [2.45, 2.75) is 39.0 Å². The van der Waals surface area contributed by atoms with Crippen molar-refractivity contribution in [3.05, 3.63) is 82.4 Å². The Hall–Kier alpha value is -4.74. The third kappa shape index (κ3) is 4.38. The number of rotatable bonds is 6. The lowest BCUT2D eigenvalue weighted by Gasteiger charge is -2.51. The highest BCUT2D eigenvalue weighted by Crippen LogP contribution is 2.62. The van der Waals surface area contributed by atoms with E-state index in [4.69, 9.17) is 4.74 Å². The number of carbonyl (C=O) groups excluding carboxylic acids is 3. The predicted molar refractivity (Wildman–Crippen MR) is 151 cm³/mol. The summed E-state index contributed by atoms with van der Waals surface area (Å²) in [6, 6.07) is 23.3. The highest BCUT2D eigenvalue weighted by molar-refractivity contribution is 6.07. The summed E-state index contributed by atoms with van der Waals surface area (Å²) in [4.78, 5) is 42.4. The van der Waals surface area contributed by atoms with Gasteiger partial charge in [-0.05, 0) is 61.3 Å². The largest absolute Gasteiger partial charge is 0.463 e. The summed E-state index contributed by atoms with van der Waals surface area (Å²) < 4.78 is 5.59. The van der Waals surface area contributed by atoms with E-state index < -0.39 is 46.9 Å². The first kappa shape index (κ1) is 28.8. The van der Waals surface area contributed by atoms with Crippen LogP contribution in [0.1, 0.15) is 49.3 Å². The molecule has 0 spiro atoms. The molecule has 3 aliphatic rings. The van der Waals surface area contributed by atoms with Gasteiger partial charge in [0.05, 0.1) is 42.2 Å². The van der Waals surface area contributed by atoms with Gasteiger partial charge in [0, 0.05) is 24.5 Å². The van der Waals surface area contributed by atoms with Crippen LogP contribution in [0.5, 0.6) is 0 Å². The van der Waals surface area contributed by atoms with Gasteiger partial charge >= 0.3 is 5.97 Å². The minimum Gasteiger partial charge on any atom is -0.463 e. The third-order valence-electron chi connectivity index (χ3n) is 9.68. The Morgan fingerprint density at radius 1 is 0.976 bits per heavy atom. The number of imide groups is 1. The molecule has 2 aliphatic carbocycles. The fourth-order valence-electron chi connectivity index (χ4n) is 7.65. The van der Waals surface area contributed by atoms with Crippen molar-refractivity contribution in [1.29, 1.82) is 15.8 Å². The topological polar surface area (TPSA) is 135 Å². The summed E-state index contributed by atoms with van der Waals surface area (Å²) in [5, 5.41) is 30.5. The zero-order valence-corrected chi connectivity index (χ0v) is 23.9. The van der Waals surface area contributed by atoms with Crippen LogP contribution in [-0.4, -0.2) is 36.3 Å². The molecule has 2 fully saturated rings. The van der Waals surface area contributed by atoms with E-state index in [9.17, 15) is 30.2 Å². The van der Waals surface area contributed by atoms with Crippen molar-refractivity contribution in [1.82, 2.24) is 4.90 Å². The Kier molecular flexibility index (Phi) is 7.72. The molecular formula is C34H32N4O4. The van der Waals surface area contributed by atoms with E-state index in [0.717, 1.165) is 10.5 Å². The number of amides is 2. The summed E-state index contributed by atoms with van der Waals surface area (Å²) in [5.41, 5.74) is 1.78. The second kappa shape index (κ2) is 11.3. The molecule has 6 atom stereocenters. The number of carbonyl (C=O) groups is 3. The van der Waals surface area contributed by atoms with Crippen LogP contribution in [0, 0.1) is 69.0 Å². The number of aryl methyl sites for hydroxylation is 1. The van der Waals surface area contributed by atoms with Crippen molar-refractivity contribution in [2.75, 3.05) is 13.7 Å². The first-order valence-corrected chi connectivity index (χ1v) is 14.3. The molecule has 2 amide bonds. The number of fused-ring (bicyclic) bond motifs is 3. The van der Waals surface area contributed by atoms with Gasteiger partial charge in [-0.15, -0.1) is 0 Å². The maximum Gasteiger partial charge on any atom is 0.334 e. The first-order chi connectivity index (χ1) is 20.2. The normalized spacial score (nSPS) is 27.8. The monoisotopic (exact) mass is 560 g/mol. The van der Waals surface area contributed by atoms with Crippen molar-refractivity contribution < 1.29 is 19.1 Å². The van der Waals surface area contributed by atoms with Gasteiger partial charge in [0.25, 0.3) is 0 Å². The number of likely N-dealkylation sites (tertiary alicyclic amines) is 1. The summed E-state index contributed by atoms with van der Waals surface area (Å²) in [5.74, 6) is -5.29. The Labute approximate surface area is 245 Å². The van der Waals surface area contributed by atoms with Crippen LogP contribution in [0.4, 0.5) is 0 Å². The summed E-state index contributed by atoms with van der Waals surface area (Å²) >= 11 is 0. The van der Waals surface area contributed by atoms with E-state index in [1.54, 1.807) is 38.1 Å². The van der Waals surface area contributed by atoms with Crippen LogP contribution in [0.3, 0.4) is 0 Å². The second-order valence-corrected chi connectivity index (χ2v) is 11.5. The standard InChI is InChI=1S/C34H32N4O4/c1-4-42-33(41)28-24(15-12-21-8-6-5-7-9-21)29-30(32(40)38(3)31(29)39)27-20(2)34(18-36,19-37)26(16-25(27)28)23-13-10-22(17-35)11-14-23/h5-11,13-14,20,24,26-27,29-30H,4,12,15-16H2,1-3H3/t20-,24+,26-,27-,29+,30-/m0/s1. The Bertz CT molecular complexity index is 1560. The molecule has 1 saturated heterocycles. The average molecular weight is 561 g/mol. The number of ether oxygens (including phenoxy) is 1. The Balaban J connectivity index is 1.73. The SMILES string of the molecule is CCOC(=O)C1=C2C[C@@H](c3ccc(C#N)cc3)C(C#N)(C#N)[C@@H](C)[C@@H]2[C@@H]2C(=O)N(C)C(=O)[C@@H]2[C@@H]1CCc1ccccc1. The van der Waals surface area contributed by atoms with E-state index in [-0.39, 0.29) is 24.8 Å². The van der Waals surface area contributed by atoms with Crippen LogP contribution in [0.15, 0.2) is 65.7 Å². The fourth-order valence-corrected chi connectivity index (χ4v) is 7.65. The van der Waals surface area contributed by atoms with Crippen LogP contribution in [0.2, 0.25) is 0 Å². The van der Waals surface area contributed by atoms with Gasteiger partial charge in [0.2, 0.25) is 11.8 Å². The van der Waals surface area contributed by atoms with Crippen LogP contribution in [0.25, 0.3) is 0 Å². The predicted octanol–water partition coefficient (Wildman–Crippen LogP) is 4.68. The quantitative estimate of drug-likeness (QED) is 0.370. The van der Waals surface area contributed by atoms with Gasteiger partial charge in [-0.25, -0.2) is 4.79 Å². The van der Waals surface area contributed by atoms with Crippen molar-refractivity contribution in [3.8, 4) is 18.2 Å². The minimum atomic E-state index is -1.53. The molecule has 2 aromatic carbocycles. The lowest BCUT2D eigenvalue weighted by Crippen LogP contribution is -2.51. The maximum absolute atomic E-state index is 13.8. The molecule has 1 saturated carbocycles. The van der Waals surface area contributed by atoms with Crippen LogP contribution < -0.4 is 0 Å². The van der Waals surface area contributed by atoms with Crippen LogP contribution in [-0.2, 0) is 25.5 Å². The molecule has 5 rings (SSSR count). The zero-order chi connectivity index (χ0) is 30.2. The number of nitrogens with zero attached hydrogens (tertiary/aromatic N) is 4. The lowest BCUT2D eigenvalue weighted by molar-refractivity contribution is -0.141. The lowest BCUT2D eigenvalue weighted by atomic mass is 9.48.